The molecule has 6 heteroatoms. The Hall–Kier alpha value is -1.66. The minimum Gasteiger partial charge on any atom is -0.508 e. The summed E-state index contributed by atoms with van der Waals surface area (Å²) in [4.78, 5) is 12.5. The third-order valence-corrected chi connectivity index (χ3v) is 3.09. The highest BCUT2D eigenvalue weighted by molar-refractivity contribution is 7.80. The van der Waals surface area contributed by atoms with Crippen LogP contribution in [0.2, 0.25) is 0 Å². The molecule has 0 aliphatic heterocycles. The molecule has 0 aliphatic carbocycles. The van der Waals surface area contributed by atoms with Gasteiger partial charge in [0.15, 0.2) is 0 Å². The summed E-state index contributed by atoms with van der Waals surface area (Å²) in [5.74, 6) is -0.785. The van der Waals surface area contributed by atoms with E-state index in [-0.39, 0.29) is 17.2 Å². The van der Waals surface area contributed by atoms with Crippen molar-refractivity contribution < 1.29 is 15.0 Å². The van der Waals surface area contributed by atoms with Gasteiger partial charge in [0.25, 0.3) is 0 Å². The number of phenolic OH excluding ortho intramolecular Hbond substituents is 1. The molecule has 4 N–H and O–H groups in total. The van der Waals surface area contributed by atoms with E-state index in [0.29, 0.717) is 12.1 Å². The third-order valence-electron chi connectivity index (χ3n) is 2.87. The maximum Gasteiger partial charge on any atom is 0.304 e. The molecule has 0 saturated carbocycles. The van der Waals surface area contributed by atoms with Crippen LogP contribution < -0.4 is 5.73 Å². The Morgan fingerprint density at radius 3 is 2.68 bits per heavy atom. The predicted octanol–water partition coefficient (Wildman–Crippen LogP) is 1.43. The number of rotatable bonds is 6. The van der Waals surface area contributed by atoms with Crippen LogP contribution in [0.15, 0.2) is 18.2 Å². The van der Waals surface area contributed by atoms with Crippen LogP contribution in [0.5, 0.6) is 5.75 Å². The molecule has 0 bridgehead atoms. The second kappa shape index (κ2) is 6.49. The average molecular weight is 282 g/mol. The lowest BCUT2D eigenvalue weighted by atomic mass is 10.0. The maximum absolute atomic E-state index is 10.6. The molecular formula is C13H18N2O3S. The number of carboxylic acids is 1. The number of nitrogens with two attached hydrogens (primary N) is 1. The fourth-order valence-corrected chi connectivity index (χ4v) is 2.21. The minimum absolute atomic E-state index is 0.0117. The summed E-state index contributed by atoms with van der Waals surface area (Å²) >= 11 is 5.04. The highest BCUT2D eigenvalue weighted by atomic mass is 32.1. The molecule has 5 nitrogen and oxygen atoms in total. The molecule has 0 heterocycles. The number of benzene rings is 1. The number of likely N-dealkylation sites (N-methyl/N-ethyl adjacent to an activating group) is 1. The van der Waals surface area contributed by atoms with Crippen LogP contribution in [0.4, 0.5) is 0 Å². The first-order chi connectivity index (χ1) is 8.82. The van der Waals surface area contributed by atoms with Gasteiger partial charge in [0.05, 0.1) is 17.5 Å². The molecule has 1 rings (SSSR count). The number of aryl methyl sites for hydroxylation is 1. The highest BCUT2D eigenvalue weighted by Crippen LogP contribution is 2.29. The zero-order valence-corrected chi connectivity index (χ0v) is 11.8. The van der Waals surface area contributed by atoms with Crippen molar-refractivity contribution in [2.45, 2.75) is 19.4 Å². The number of carboxylic acid groups (broad SMARTS) is 1. The van der Waals surface area contributed by atoms with Crippen LogP contribution in [-0.2, 0) is 4.79 Å². The summed E-state index contributed by atoms with van der Waals surface area (Å²) < 4.78 is 0. The molecule has 1 atom stereocenters. The standard InChI is InChI=1S/C13H18N2O3S/c1-8-3-4-10(16)9(7-8)12(13(14)19)15(2)6-5-11(17)18/h3-4,7,12,16H,5-6H2,1-2H3,(H2,14,19)(H,17,18). The molecule has 0 aliphatic rings. The first-order valence-corrected chi connectivity index (χ1v) is 6.24. The van der Waals surface area contributed by atoms with Crippen molar-refractivity contribution in [1.29, 1.82) is 0 Å². The summed E-state index contributed by atoms with van der Waals surface area (Å²) in [6.07, 6.45) is -0.0117. The minimum atomic E-state index is -0.887. The van der Waals surface area contributed by atoms with E-state index in [1.807, 2.05) is 6.92 Å². The number of carbonyl (C=O) groups is 1. The van der Waals surface area contributed by atoms with Gasteiger partial charge in [-0.15, -0.1) is 0 Å². The van der Waals surface area contributed by atoms with E-state index in [0.717, 1.165) is 5.56 Å². The SMILES string of the molecule is Cc1ccc(O)c(C(C(N)=S)N(C)CCC(=O)O)c1. The Kier molecular flexibility index (Phi) is 5.26. The van der Waals surface area contributed by atoms with Crippen LogP contribution in [0.1, 0.15) is 23.6 Å². The number of aliphatic carboxylic acids is 1. The molecule has 0 saturated heterocycles. The lowest BCUT2D eigenvalue weighted by Crippen LogP contribution is -2.35. The zero-order chi connectivity index (χ0) is 14.6. The molecule has 19 heavy (non-hydrogen) atoms. The summed E-state index contributed by atoms with van der Waals surface area (Å²) in [5.41, 5.74) is 7.30. The Morgan fingerprint density at radius 1 is 1.53 bits per heavy atom. The largest absolute Gasteiger partial charge is 0.508 e. The van der Waals surface area contributed by atoms with Crippen molar-refractivity contribution in [3.63, 3.8) is 0 Å². The summed E-state index contributed by atoms with van der Waals surface area (Å²) in [7, 11) is 1.73. The number of aromatic hydroxyl groups is 1. The van der Waals surface area contributed by atoms with Gasteiger partial charge in [-0.1, -0.05) is 29.9 Å². The topological polar surface area (TPSA) is 86.8 Å². The van der Waals surface area contributed by atoms with Gasteiger partial charge in [0.2, 0.25) is 0 Å². The number of thiocarbonyl (C=S) groups is 1. The smallest absolute Gasteiger partial charge is 0.304 e. The van der Waals surface area contributed by atoms with E-state index in [9.17, 15) is 9.90 Å². The molecule has 0 radical (unpaired) electrons. The normalized spacial score (nSPS) is 12.4. The van der Waals surface area contributed by atoms with Crippen molar-refractivity contribution in [1.82, 2.24) is 4.90 Å². The van der Waals surface area contributed by atoms with Crippen molar-refractivity contribution in [2.75, 3.05) is 13.6 Å². The first kappa shape index (κ1) is 15.4. The molecule has 1 unspecified atom stereocenters. The quantitative estimate of drug-likeness (QED) is 0.684. The van der Waals surface area contributed by atoms with Gasteiger partial charge in [0, 0.05) is 12.1 Å². The Bertz CT molecular complexity index is 491. The van der Waals surface area contributed by atoms with E-state index >= 15 is 0 Å². The number of nitrogens with zero attached hydrogens (tertiary/aromatic N) is 1. The molecule has 0 amide bonds. The molecule has 1 aromatic carbocycles. The maximum atomic E-state index is 10.6. The van der Waals surface area contributed by atoms with Gasteiger partial charge in [-0.25, -0.2) is 0 Å². The summed E-state index contributed by atoms with van der Waals surface area (Å²) in [5, 5.41) is 18.6. The van der Waals surface area contributed by atoms with Crippen molar-refractivity contribution >= 4 is 23.2 Å². The average Bonchev–Trinajstić information content (AvgIpc) is 2.31. The van der Waals surface area contributed by atoms with E-state index in [1.54, 1.807) is 30.1 Å². The monoisotopic (exact) mass is 282 g/mol. The molecule has 0 spiro atoms. The lowest BCUT2D eigenvalue weighted by molar-refractivity contribution is -0.137. The van der Waals surface area contributed by atoms with Crippen LogP contribution >= 0.6 is 12.2 Å². The lowest BCUT2D eigenvalue weighted by Gasteiger charge is -2.27. The third kappa shape index (κ3) is 4.18. The Morgan fingerprint density at radius 2 is 2.16 bits per heavy atom. The van der Waals surface area contributed by atoms with Gasteiger partial charge >= 0.3 is 5.97 Å². The second-order valence-corrected chi connectivity index (χ2v) is 4.96. The van der Waals surface area contributed by atoms with E-state index in [4.69, 9.17) is 23.1 Å². The fraction of sp³-hybridized carbons (Fsp3) is 0.385. The first-order valence-electron chi connectivity index (χ1n) is 5.83. The summed E-state index contributed by atoms with van der Waals surface area (Å²) in [6.45, 7) is 2.20. The van der Waals surface area contributed by atoms with Crippen molar-refractivity contribution in [3.8, 4) is 5.75 Å². The van der Waals surface area contributed by atoms with Gasteiger partial charge in [-0.3, -0.25) is 9.69 Å². The fourth-order valence-electron chi connectivity index (χ4n) is 1.90. The number of phenols is 1. The second-order valence-electron chi connectivity index (χ2n) is 4.49. The highest BCUT2D eigenvalue weighted by Gasteiger charge is 2.23. The molecular weight excluding hydrogens is 264 g/mol. The Balaban J connectivity index is 3.03. The van der Waals surface area contributed by atoms with Gasteiger partial charge in [0.1, 0.15) is 5.75 Å². The van der Waals surface area contributed by atoms with Crippen LogP contribution in [0.25, 0.3) is 0 Å². The van der Waals surface area contributed by atoms with Crippen molar-refractivity contribution in [2.24, 2.45) is 5.73 Å². The molecule has 1 aromatic rings. The van der Waals surface area contributed by atoms with Crippen LogP contribution in [0.3, 0.4) is 0 Å². The van der Waals surface area contributed by atoms with Crippen LogP contribution in [-0.4, -0.2) is 39.7 Å². The molecule has 0 fully saturated rings. The Labute approximate surface area is 117 Å². The van der Waals surface area contributed by atoms with Crippen molar-refractivity contribution in [3.05, 3.63) is 29.3 Å². The molecule has 104 valence electrons. The molecule has 0 aromatic heterocycles. The van der Waals surface area contributed by atoms with E-state index in [2.05, 4.69) is 0 Å². The van der Waals surface area contributed by atoms with E-state index in [1.165, 1.54) is 0 Å². The van der Waals surface area contributed by atoms with Gasteiger partial charge in [-0.05, 0) is 20.0 Å². The van der Waals surface area contributed by atoms with Gasteiger partial charge < -0.3 is 15.9 Å². The van der Waals surface area contributed by atoms with Crippen LogP contribution in [0, 0.1) is 6.92 Å². The number of hydrogen-bond acceptors (Lipinski definition) is 4. The number of hydrogen-bond donors (Lipinski definition) is 3. The predicted molar refractivity (Wildman–Crippen MR) is 77.3 cm³/mol. The summed E-state index contributed by atoms with van der Waals surface area (Å²) in [6, 6.07) is 4.69. The van der Waals surface area contributed by atoms with Gasteiger partial charge in [-0.2, -0.15) is 0 Å². The zero-order valence-electron chi connectivity index (χ0n) is 11.0. The van der Waals surface area contributed by atoms with E-state index < -0.39 is 12.0 Å².